The molecule has 0 aliphatic carbocycles. The third-order valence-electron chi connectivity index (χ3n) is 4.05. The van der Waals surface area contributed by atoms with Crippen LogP contribution in [0.4, 0.5) is 0 Å². The van der Waals surface area contributed by atoms with Crippen molar-refractivity contribution < 1.29 is 19.4 Å². The first-order chi connectivity index (χ1) is 12.5. The fourth-order valence-electron chi connectivity index (χ4n) is 2.56. The predicted molar refractivity (Wildman–Crippen MR) is 99.5 cm³/mol. The van der Waals surface area contributed by atoms with E-state index in [0.29, 0.717) is 17.9 Å². The van der Waals surface area contributed by atoms with Gasteiger partial charge in [0.05, 0.1) is 7.11 Å². The lowest BCUT2D eigenvalue weighted by molar-refractivity contribution is -0.139. The summed E-state index contributed by atoms with van der Waals surface area (Å²) in [6.45, 7) is 0.917. The zero-order chi connectivity index (χ0) is 18.9. The molecule has 0 spiro atoms. The van der Waals surface area contributed by atoms with Crippen molar-refractivity contribution in [3.05, 3.63) is 65.7 Å². The molecule has 0 aromatic heterocycles. The van der Waals surface area contributed by atoms with Gasteiger partial charge in [0.2, 0.25) is 0 Å². The molecular formula is C20H24N2O4. The van der Waals surface area contributed by atoms with Crippen LogP contribution < -0.4 is 10.1 Å². The van der Waals surface area contributed by atoms with Crippen LogP contribution in [-0.2, 0) is 11.2 Å². The van der Waals surface area contributed by atoms with Crippen LogP contribution in [0, 0.1) is 0 Å². The number of nitrogens with zero attached hydrogens (tertiary/aromatic N) is 1. The Hall–Kier alpha value is -2.86. The molecule has 26 heavy (non-hydrogen) atoms. The predicted octanol–water partition coefficient (Wildman–Crippen LogP) is 2.05. The summed E-state index contributed by atoms with van der Waals surface area (Å²) in [7, 11) is 3.36. The van der Waals surface area contributed by atoms with Crippen LogP contribution in [0.1, 0.15) is 15.9 Å². The number of hydrogen-bond acceptors (Lipinski definition) is 4. The van der Waals surface area contributed by atoms with E-state index in [-0.39, 0.29) is 6.54 Å². The molecule has 138 valence electrons. The number of amides is 1. The van der Waals surface area contributed by atoms with Crippen LogP contribution >= 0.6 is 0 Å². The molecular weight excluding hydrogens is 332 g/mol. The molecule has 0 saturated carbocycles. The minimum absolute atomic E-state index is 0.220. The van der Waals surface area contributed by atoms with Crippen molar-refractivity contribution in [1.29, 1.82) is 0 Å². The standard InChI is InChI=1S/C20H24N2O4/c1-22(12-11-15-7-4-3-5-8-15)14-18(20(24)25)21-19(23)16-9-6-10-17(13-16)26-2/h3-10,13,18H,11-12,14H2,1-2H3,(H,21,23)(H,24,25). The first-order valence-electron chi connectivity index (χ1n) is 8.40. The second-order valence-corrected chi connectivity index (χ2v) is 6.09. The van der Waals surface area contributed by atoms with Crippen molar-refractivity contribution in [2.45, 2.75) is 12.5 Å². The zero-order valence-electron chi connectivity index (χ0n) is 15.0. The summed E-state index contributed by atoms with van der Waals surface area (Å²) in [5.41, 5.74) is 1.55. The topological polar surface area (TPSA) is 78.9 Å². The molecule has 0 fully saturated rings. The molecule has 0 aliphatic heterocycles. The van der Waals surface area contributed by atoms with Gasteiger partial charge in [-0.05, 0) is 37.2 Å². The van der Waals surface area contributed by atoms with Gasteiger partial charge in [-0.2, -0.15) is 0 Å². The average Bonchev–Trinajstić information content (AvgIpc) is 2.66. The first kappa shape index (κ1) is 19.5. The van der Waals surface area contributed by atoms with E-state index in [0.717, 1.165) is 6.42 Å². The molecule has 0 heterocycles. The van der Waals surface area contributed by atoms with Gasteiger partial charge >= 0.3 is 5.97 Å². The van der Waals surface area contributed by atoms with Crippen molar-refractivity contribution in [1.82, 2.24) is 10.2 Å². The Bertz CT molecular complexity index is 734. The lowest BCUT2D eigenvalue weighted by Gasteiger charge is -2.22. The number of carboxylic acid groups (broad SMARTS) is 1. The van der Waals surface area contributed by atoms with Crippen LogP contribution in [0.5, 0.6) is 5.75 Å². The number of methoxy groups -OCH3 is 1. The molecule has 1 unspecified atom stereocenters. The van der Waals surface area contributed by atoms with Gasteiger partial charge < -0.3 is 20.1 Å². The number of nitrogens with one attached hydrogen (secondary N) is 1. The normalized spacial score (nSPS) is 11.8. The minimum atomic E-state index is -1.06. The highest BCUT2D eigenvalue weighted by Gasteiger charge is 2.22. The second-order valence-electron chi connectivity index (χ2n) is 6.09. The van der Waals surface area contributed by atoms with Gasteiger partial charge in [-0.3, -0.25) is 4.79 Å². The largest absolute Gasteiger partial charge is 0.497 e. The molecule has 0 radical (unpaired) electrons. The van der Waals surface area contributed by atoms with E-state index in [9.17, 15) is 14.7 Å². The highest BCUT2D eigenvalue weighted by Crippen LogP contribution is 2.12. The molecule has 0 bridgehead atoms. The van der Waals surface area contributed by atoms with Gasteiger partial charge in [-0.25, -0.2) is 4.79 Å². The number of hydrogen-bond donors (Lipinski definition) is 2. The van der Waals surface area contributed by atoms with E-state index < -0.39 is 17.9 Å². The number of benzene rings is 2. The Kier molecular flexibility index (Phi) is 7.17. The monoisotopic (exact) mass is 356 g/mol. The fraction of sp³-hybridized carbons (Fsp3) is 0.300. The Morgan fingerprint density at radius 2 is 1.88 bits per heavy atom. The molecule has 0 saturated heterocycles. The lowest BCUT2D eigenvalue weighted by atomic mass is 10.1. The lowest BCUT2D eigenvalue weighted by Crippen LogP contribution is -2.48. The molecule has 2 N–H and O–H groups in total. The Balaban J connectivity index is 1.93. The summed E-state index contributed by atoms with van der Waals surface area (Å²) in [4.78, 5) is 25.8. The fourth-order valence-corrected chi connectivity index (χ4v) is 2.56. The molecule has 2 rings (SSSR count). The molecule has 1 amide bonds. The number of carboxylic acids is 1. The first-order valence-corrected chi connectivity index (χ1v) is 8.40. The molecule has 6 nitrogen and oxygen atoms in total. The summed E-state index contributed by atoms with van der Waals surface area (Å²) in [6, 6.07) is 15.6. The quantitative estimate of drug-likeness (QED) is 0.719. The van der Waals surface area contributed by atoms with E-state index in [1.165, 1.54) is 12.7 Å². The average molecular weight is 356 g/mol. The summed E-state index contributed by atoms with van der Waals surface area (Å²) < 4.78 is 5.09. The van der Waals surface area contributed by atoms with Crippen molar-refractivity contribution in [3.8, 4) is 5.75 Å². The van der Waals surface area contributed by atoms with Crippen molar-refractivity contribution in [2.24, 2.45) is 0 Å². The molecule has 0 aliphatic rings. The number of rotatable bonds is 9. The van der Waals surface area contributed by atoms with Crippen molar-refractivity contribution in [2.75, 3.05) is 27.2 Å². The van der Waals surface area contributed by atoms with Crippen LogP contribution in [0.3, 0.4) is 0 Å². The third-order valence-corrected chi connectivity index (χ3v) is 4.05. The highest BCUT2D eigenvalue weighted by atomic mass is 16.5. The molecule has 2 aromatic carbocycles. The molecule has 6 heteroatoms. The van der Waals surface area contributed by atoms with Gasteiger partial charge in [0, 0.05) is 18.7 Å². The smallest absolute Gasteiger partial charge is 0.327 e. The van der Waals surface area contributed by atoms with E-state index in [4.69, 9.17) is 4.74 Å². The van der Waals surface area contributed by atoms with Crippen LogP contribution in [0.25, 0.3) is 0 Å². The van der Waals surface area contributed by atoms with E-state index in [2.05, 4.69) is 5.32 Å². The maximum absolute atomic E-state index is 12.3. The van der Waals surface area contributed by atoms with E-state index >= 15 is 0 Å². The number of aliphatic carboxylic acids is 1. The van der Waals surface area contributed by atoms with Gasteiger partial charge in [0.1, 0.15) is 11.8 Å². The molecule has 2 aromatic rings. The summed E-state index contributed by atoms with van der Waals surface area (Å²) in [5, 5.41) is 12.0. The SMILES string of the molecule is COc1cccc(C(=O)NC(CN(C)CCc2ccccc2)C(=O)O)c1. The van der Waals surface area contributed by atoms with Gasteiger partial charge in [0.15, 0.2) is 0 Å². The Labute approximate surface area is 153 Å². The summed E-state index contributed by atoms with van der Waals surface area (Å²) in [6.07, 6.45) is 0.813. The van der Waals surface area contributed by atoms with Crippen molar-refractivity contribution >= 4 is 11.9 Å². The van der Waals surface area contributed by atoms with Gasteiger partial charge in [-0.1, -0.05) is 36.4 Å². The number of ether oxygens (including phenoxy) is 1. The van der Waals surface area contributed by atoms with Gasteiger partial charge in [0.25, 0.3) is 5.91 Å². The minimum Gasteiger partial charge on any atom is -0.497 e. The van der Waals surface area contributed by atoms with Crippen LogP contribution in [0.2, 0.25) is 0 Å². The maximum atomic E-state index is 12.3. The zero-order valence-corrected chi connectivity index (χ0v) is 15.0. The maximum Gasteiger partial charge on any atom is 0.327 e. The van der Waals surface area contributed by atoms with E-state index in [1.807, 2.05) is 42.3 Å². The molecule has 1 atom stereocenters. The number of carbonyl (C=O) groups excluding carboxylic acids is 1. The van der Waals surface area contributed by atoms with Crippen LogP contribution in [-0.4, -0.2) is 55.2 Å². The summed E-state index contributed by atoms with van der Waals surface area (Å²) >= 11 is 0. The second kappa shape index (κ2) is 9.58. The van der Waals surface area contributed by atoms with E-state index in [1.54, 1.807) is 24.3 Å². The third kappa shape index (κ3) is 5.89. The van der Waals surface area contributed by atoms with Crippen molar-refractivity contribution in [3.63, 3.8) is 0 Å². The number of likely N-dealkylation sites (N-methyl/N-ethyl adjacent to an activating group) is 1. The van der Waals surface area contributed by atoms with Crippen LogP contribution in [0.15, 0.2) is 54.6 Å². The summed E-state index contributed by atoms with van der Waals surface area (Å²) in [5.74, 6) is -0.954. The Morgan fingerprint density at radius 3 is 2.54 bits per heavy atom. The Morgan fingerprint density at radius 1 is 1.15 bits per heavy atom. The highest BCUT2D eigenvalue weighted by molar-refractivity contribution is 5.96. The van der Waals surface area contributed by atoms with Gasteiger partial charge in [-0.15, -0.1) is 0 Å². The number of carbonyl (C=O) groups is 2.